The highest BCUT2D eigenvalue weighted by atomic mass is 16.2. The molecule has 1 aliphatic carbocycles. The van der Waals surface area contributed by atoms with Gasteiger partial charge in [0.25, 0.3) is 5.91 Å². The molecule has 0 radical (unpaired) electrons. The number of carbonyl (C=O) groups is 3. The van der Waals surface area contributed by atoms with Gasteiger partial charge in [-0.1, -0.05) is 0 Å². The summed E-state index contributed by atoms with van der Waals surface area (Å²) in [6.07, 6.45) is 4.05. The van der Waals surface area contributed by atoms with E-state index in [4.69, 9.17) is 0 Å². The lowest BCUT2D eigenvalue weighted by atomic mass is 9.97. The molecular formula is C21H27N5O3. The molecule has 1 saturated heterocycles. The molecular weight excluding hydrogens is 370 g/mol. The highest BCUT2D eigenvalue weighted by molar-refractivity contribution is 5.99. The molecule has 4 rings (SSSR count). The van der Waals surface area contributed by atoms with Gasteiger partial charge < -0.3 is 25.8 Å². The Bertz CT molecular complexity index is 934. The highest BCUT2D eigenvalue weighted by Gasteiger charge is 2.30. The van der Waals surface area contributed by atoms with Crippen molar-refractivity contribution in [3.63, 3.8) is 0 Å². The predicted molar refractivity (Wildman–Crippen MR) is 111 cm³/mol. The number of fused-ring (bicyclic) bond motifs is 1. The van der Waals surface area contributed by atoms with Crippen LogP contribution >= 0.6 is 0 Å². The minimum absolute atomic E-state index is 0.0601. The lowest BCUT2D eigenvalue weighted by molar-refractivity contribution is -0.126. The molecule has 8 nitrogen and oxygen atoms in total. The van der Waals surface area contributed by atoms with Crippen molar-refractivity contribution in [2.24, 2.45) is 11.8 Å². The Kier molecular flexibility index (Phi) is 5.42. The van der Waals surface area contributed by atoms with Gasteiger partial charge in [0, 0.05) is 43.3 Å². The normalized spacial score (nSPS) is 19.1. The Morgan fingerprint density at radius 3 is 2.76 bits per heavy atom. The highest BCUT2D eigenvalue weighted by Crippen LogP contribution is 2.28. The number of aromatic amines is 1. The minimum atomic E-state index is -0.203. The molecule has 1 aliphatic heterocycles. The molecule has 154 valence electrons. The topological polar surface area (TPSA) is 106 Å². The Morgan fingerprint density at radius 2 is 2.00 bits per heavy atom. The number of anilines is 1. The van der Waals surface area contributed by atoms with E-state index in [1.165, 1.54) is 12.8 Å². The molecule has 0 bridgehead atoms. The summed E-state index contributed by atoms with van der Waals surface area (Å²) in [7, 11) is 1.58. The number of H-pyrrole nitrogens is 1. The molecule has 1 atom stereocenters. The van der Waals surface area contributed by atoms with E-state index in [0.29, 0.717) is 30.4 Å². The zero-order chi connectivity index (χ0) is 20.4. The van der Waals surface area contributed by atoms with Gasteiger partial charge in [0.15, 0.2) is 0 Å². The lowest BCUT2D eigenvalue weighted by Gasteiger charge is -2.32. The first-order valence-electron chi connectivity index (χ1n) is 10.2. The molecule has 1 aromatic carbocycles. The summed E-state index contributed by atoms with van der Waals surface area (Å²) in [6, 6.07) is 7.02. The number of nitrogens with one attached hydrogen (secondary N) is 4. The van der Waals surface area contributed by atoms with Crippen molar-refractivity contribution < 1.29 is 14.4 Å². The molecule has 29 heavy (non-hydrogen) atoms. The summed E-state index contributed by atoms with van der Waals surface area (Å²) < 4.78 is 0. The number of hydrogen-bond donors (Lipinski definition) is 4. The van der Waals surface area contributed by atoms with E-state index in [2.05, 4.69) is 20.9 Å². The van der Waals surface area contributed by atoms with Crippen molar-refractivity contribution in [1.29, 1.82) is 0 Å². The summed E-state index contributed by atoms with van der Waals surface area (Å²) in [5.41, 5.74) is 1.96. The van der Waals surface area contributed by atoms with Crippen LogP contribution in [0, 0.1) is 11.8 Å². The monoisotopic (exact) mass is 397 g/mol. The van der Waals surface area contributed by atoms with Crippen molar-refractivity contribution in [2.45, 2.75) is 25.7 Å². The molecule has 1 saturated carbocycles. The van der Waals surface area contributed by atoms with Crippen LogP contribution in [0.25, 0.3) is 10.9 Å². The first-order valence-corrected chi connectivity index (χ1v) is 10.2. The number of likely N-dealkylation sites (tertiary alicyclic amines) is 1. The second-order valence-electron chi connectivity index (χ2n) is 7.97. The molecule has 2 heterocycles. The minimum Gasteiger partial charge on any atom is -0.356 e. The summed E-state index contributed by atoms with van der Waals surface area (Å²) in [5.74, 6) is 0.376. The maximum absolute atomic E-state index is 12.7. The third-order valence-electron chi connectivity index (χ3n) is 5.68. The molecule has 1 unspecified atom stereocenters. The zero-order valence-corrected chi connectivity index (χ0v) is 16.6. The quantitative estimate of drug-likeness (QED) is 0.622. The van der Waals surface area contributed by atoms with Crippen LogP contribution in [-0.2, 0) is 4.79 Å². The van der Waals surface area contributed by atoms with Crippen molar-refractivity contribution in [3.8, 4) is 0 Å². The smallest absolute Gasteiger partial charge is 0.321 e. The van der Waals surface area contributed by atoms with Gasteiger partial charge in [-0.05, 0) is 55.9 Å². The van der Waals surface area contributed by atoms with Gasteiger partial charge in [0.05, 0.1) is 5.92 Å². The van der Waals surface area contributed by atoms with Gasteiger partial charge in [-0.2, -0.15) is 0 Å². The van der Waals surface area contributed by atoms with Gasteiger partial charge >= 0.3 is 6.03 Å². The molecule has 1 aromatic heterocycles. The number of hydrogen-bond acceptors (Lipinski definition) is 3. The molecule has 2 aromatic rings. The number of carbonyl (C=O) groups excluding carboxylic acids is 3. The number of amides is 4. The van der Waals surface area contributed by atoms with Crippen molar-refractivity contribution >= 4 is 34.4 Å². The number of benzene rings is 1. The van der Waals surface area contributed by atoms with E-state index in [0.717, 1.165) is 30.3 Å². The van der Waals surface area contributed by atoms with Gasteiger partial charge in [-0.3, -0.25) is 9.59 Å². The van der Waals surface area contributed by atoms with Crippen molar-refractivity contribution in [2.75, 3.05) is 32.0 Å². The Morgan fingerprint density at radius 1 is 1.17 bits per heavy atom. The first kappa shape index (κ1) is 19.3. The van der Waals surface area contributed by atoms with Crippen molar-refractivity contribution in [1.82, 2.24) is 20.5 Å². The second kappa shape index (κ2) is 8.14. The summed E-state index contributed by atoms with van der Waals surface area (Å²) in [5, 5.41) is 9.37. The number of piperidine rings is 1. The molecule has 8 heteroatoms. The van der Waals surface area contributed by atoms with E-state index < -0.39 is 0 Å². The number of aromatic nitrogens is 1. The van der Waals surface area contributed by atoms with Crippen LogP contribution in [0.4, 0.5) is 10.5 Å². The zero-order valence-electron chi connectivity index (χ0n) is 16.6. The Labute approximate surface area is 169 Å². The van der Waals surface area contributed by atoms with Crippen LogP contribution < -0.4 is 16.0 Å². The Balaban J connectivity index is 1.37. The fourth-order valence-electron chi connectivity index (χ4n) is 3.76. The molecule has 0 spiro atoms. The number of urea groups is 1. The average Bonchev–Trinajstić information content (AvgIpc) is 3.48. The maximum Gasteiger partial charge on any atom is 0.321 e. The van der Waals surface area contributed by atoms with Crippen LogP contribution in [0.2, 0.25) is 0 Å². The van der Waals surface area contributed by atoms with Crippen LogP contribution in [0.3, 0.4) is 0 Å². The fourth-order valence-corrected chi connectivity index (χ4v) is 3.76. The van der Waals surface area contributed by atoms with Gasteiger partial charge in [0.2, 0.25) is 5.91 Å². The molecule has 2 aliphatic rings. The van der Waals surface area contributed by atoms with Gasteiger partial charge in [-0.25, -0.2) is 4.79 Å². The van der Waals surface area contributed by atoms with Crippen LogP contribution in [0.1, 0.15) is 36.2 Å². The van der Waals surface area contributed by atoms with Crippen molar-refractivity contribution in [3.05, 3.63) is 30.0 Å². The van der Waals surface area contributed by atoms with E-state index in [1.807, 2.05) is 12.1 Å². The molecule has 4 N–H and O–H groups in total. The first-order chi connectivity index (χ1) is 14.0. The fraction of sp³-hybridized carbons (Fsp3) is 0.476. The average molecular weight is 397 g/mol. The predicted octanol–water partition coefficient (Wildman–Crippen LogP) is 2.30. The van der Waals surface area contributed by atoms with Crippen LogP contribution in [-0.4, -0.2) is 54.4 Å². The summed E-state index contributed by atoms with van der Waals surface area (Å²) >= 11 is 0. The van der Waals surface area contributed by atoms with Crippen LogP contribution in [0.15, 0.2) is 24.3 Å². The van der Waals surface area contributed by atoms with E-state index in [-0.39, 0.29) is 23.8 Å². The van der Waals surface area contributed by atoms with E-state index >= 15 is 0 Å². The molecule has 2 fully saturated rings. The SMILES string of the molecule is CNC(=O)c1cc2cc(NC(=O)N3CCCC(C(=O)NCC4CC4)C3)ccc2[nH]1. The lowest BCUT2D eigenvalue weighted by Crippen LogP contribution is -2.47. The molecule has 4 amide bonds. The third-order valence-corrected chi connectivity index (χ3v) is 5.68. The third kappa shape index (κ3) is 4.52. The largest absolute Gasteiger partial charge is 0.356 e. The maximum atomic E-state index is 12.7. The van der Waals surface area contributed by atoms with Gasteiger partial charge in [0.1, 0.15) is 5.69 Å². The Hall–Kier alpha value is -3.03. The van der Waals surface area contributed by atoms with E-state index in [1.54, 1.807) is 24.1 Å². The second-order valence-corrected chi connectivity index (χ2v) is 7.97. The number of rotatable bonds is 5. The number of nitrogens with zero attached hydrogens (tertiary/aromatic N) is 1. The summed E-state index contributed by atoms with van der Waals surface area (Å²) in [6.45, 7) is 1.84. The summed E-state index contributed by atoms with van der Waals surface area (Å²) in [4.78, 5) is 41.6. The van der Waals surface area contributed by atoms with E-state index in [9.17, 15) is 14.4 Å². The van der Waals surface area contributed by atoms with Crippen LogP contribution in [0.5, 0.6) is 0 Å². The van der Waals surface area contributed by atoms with Gasteiger partial charge in [-0.15, -0.1) is 0 Å². The standard InChI is InChI=1S/C21H27N5O3/c1-22-20(28)18-10-15-9-16(6-7-17(15)25-18)24-21(29)26-8-2-3-14(12-26)19(27)23-11-13-4-5-13/h6-7,9-10,13-14,25H,2-5,8,11-12H2,1H3,(H,22,28)(H,23,27)(H,24,29).